The lowest BCUT2D eigenvalue weighted by molar-refractivity contribution is -0.139. The average Bonchev–Trinajstić information content (AvgIpc) is 2.88. The molecule has 0 aromatic heterocycles. The highest BCUT2D eigenvalue weighted by molar-refractivity contribution is 5.95. The van der Waals surface area contributed by atoms with E-state index in [0.29, 0.717) is 49.6 Å². The van der Waals surface area contributed by atoms with E-state index in [1.807, 2.05) is 32.0 Å². The van der Waals surface area contributed by atoms with Gasteiger partial charge in [-0.2, -0.15) is 0 Å². The number of rotatable bonds is 6. The summed E-state index contributed by atoms with van der Waals surface area (Å²) in [5, 5.41) is 2.98. The van der Waals surface area contributed by atoms with Crippen LogP contribution in [0.4, 0.5) is 9.18 Å². The lowest BCUT2D eigenvalue weighted by atomic mass is 9.90. The summed E-state index contributed by atoms with van der Waals surface area (Å²) in [5.41, 5.74) is 4.31. The van der Waals surface area contributed by atoms with Gasteiger partial charge < -0.3 is 15.0 Å². The predicted octanol–water partition coefficient (Wildman–Crippen LogP) is 3.41. The summed E-state index contributed by atoms with van der Waals surface area (Å²) in [7, 11) is 1.65. The van der Waals surface area contributed by atoms with E-state index in [1.54, 1.807) is 18.9 Å². The number of esters is 1. The quantitative estimate of drug-likeness (QED) is 0.605. The number of likely N-dealkylation sites (N-methyl/N-ethyl adjacent to an activating group) is 1. The number of carbonyl (C=O) groups is 3. The Bertz CT molecular complexity index is 1220. The maximum Gasteiger partial charge on any atom is 0.338 e. The smallest absolute Gasteiger partial charge is 0.338 e. The molecule has 1 fully saturated rings. The van der Waals surface area contributed by atoms with Gasteiger partial charge in [-0.25, -0.2) is 14.0 Å². The maximum absolute atomic E-state index is 13.2. The molecule has 196 valence electrons. The molecule has 4 rings (SSSR count). The summed E-state index contributed by atoms with van der Waals surface area (Å²) in [5.74, 6) is -0.984. The molecule has 2 aromatic carbocycles. The summed E-state index contributed by atoms with van der Waals surface area (Å²) in [6.07, 6.45) is 0. The Hall–Kier alpha value is -3.72. The van der Waals surface area contributed by atoms with Gasteiger partial charge in [0.2, 0.25) is 0 Å². The number of nitrogens with one attached hydrogen (secondary N) is 1. The minimum Gasteiger partial charge on any atom is -0.463 e. The molecule has 1 atom stereocenters. The van der Waals surface area contributed by atoms with Crippen molar-refractivity contribution in [2.24, 2.45) is 0 Å². The minimum atomic E-state index is -0.626. The summed E-state index contributed by atoms with van der Waals surface area (Å²) >= 11 is 0. The number of halogens is 1. The molecule has 2 heterocycles. The van der Waals surface area contributed by atoms with Gasteiger partial charge in [0.15, 0.2) is 0 Å². The first-order valence-electron chi connectivity index (χ1n) is 12.5. The lowest BCUT2D eigenvalue weighted by Gasteiger charge is -2.39. The molecule has 9 heteroatoms. The van der Waals surface area contributed by atoms with Gasteiger partial charge in [0.25, 0.3) is 5.91 Å². The fourth-order valence-electron chi connectivity index (χ4n) is 4.80. The molecule has 2 aliphatic heterocycles. The van der Waals surface area contributed by atoms with Crippen LogP contribution in [0, 0.1) is 19.7 Å². The van der Waals surface area contributed by atoms with Gasteiger partial charge in [0, 0.05) is 51.0 Å². The van der Waals surface area contributed by atoms with E-state index in [-0.39, 0.29) is 24.4 Å². The highest BCUT2D eigenvalue weighted by atomic mass is 19.1. The van der Waals surface area contributed by atoms with Crippen molar-refractivity contribution in [1.29, 1.82) is 0 Å². The van der Waals surface area contributed by atoms with Crippen LogP contribution in [0.1, 0.15) is 40.0 Å². The Morgan fingerprint density at radius 1 is 1.05 bits per heavy atom. The number of hydrogen-bond donors (Lipinski definition) is 1. The van der Waals surface area contributed by atoms with Gasteiger partial charge in [-0.1, -0.05) is 23.8 Å². The average molecular weight is 509 g/mol. The molecule has 37 heavy (non-hydrogen) atoms. The normalized spacial score (nSPS) is 18.6. The Balaban J connectivity index is 1.59. The number of ether oxygens (including phenoxy) is 1. The fourth-order valence-corrected chi connectivity index (χ4v) is 4.80. The Labute approximate surface area is 216 Å². The van der Waals surface area contributed by atoms with Crippen LogP contribution >= 0.6 is 0 Å². The number of nitrogens with zero attached hydrogens (tertiary/aromatic N) is 3. The van der Waals surface area contributed by atoms with Crippen molar-refractivity contribution in [1.82, 2.24) is 20.0 Å². The summed E-state index contributed by atoms with van der Waals surface area (Å²) in [4.78, 5) is 44.4. The Morgan fingerprint density at radius 2 is 1.73 bits per heavy atom. The Kier molecular flexibility index (Phi) is 7.92. The standard InChI is InChI=1S/C28H33FN4O4/c1-5-37-27(35)24-23(31(4)28(36)30-25(24)22-16-18(2)6-7-19(22)3)17-32-12-14-33(15-13-32)26(34)20-8-10-21(29)11-9-20/h6-11,16,25H,5,12-15,17H2,1-4H3,(H,30,36). The molecule has 1 unspecified atom stereocenters. The van der Waals surface area contributed by atoms with Crippen LogP contribution in [0.3, 0.4) is 0 Å². The second kappa shape index (κ2) is 11.1. The zero-order valence-corrected chi connectivity index (χ0v) is 21.7. The molecular formula is C28H33FN4O4. The molecule has 2 aromatic rings. The van der Waals surface area contributed by atoms with Crippen LogP contribution in [0.25, 0.3) is 0 Å². The SMILES string of the molecule is CCOC(=O)C1=C(CN2CCN(C(=O)c3ccc(F)cc3)CC2)N(C)C(=O)NC1c1cc(C)ccc1C. The van der Waals surface area contributed by atoms with E-state index in [0.717, 1.165) is 16.7 Å². The third-order valence-corrected chi connectivity index (χ3v) is 6.94. The number of aryl methyl sites for hydroxylation is 2. The second-order valence-electron chi connectivity index (χ2n) is 9.46. The van der Waals surface area contributed by atoms with Gasteiger partial charge in [-0.05, 0) is 56.2 Å². The number of hydrogen-bond acceptors (Lipinski definition) is 5. The minimum absolute atomic E-state index is 0.143. The van der Waals surface area contributed by atoms with E-state index >= 15 is 0 Å². The fraction of sp³-hybridized carbons (Fsp3) is 0.393. The van der Waals surface area contributed by atoms with Crippen molar-refractivity contribution >= 4 is 17.9 Å². The van der Waals surface area contributed by atoms with Crippen LogP contribution in [0.5, 0.6) is 0 Å². The predicted molar refractivity (Wildman–Crippen MR) is 137 cm³/mol. The van der Waals surface area contributed by atoms with Gasteiger partial charge in [0.1, 0.15) is 5.82 Å². The number of amides is 3. The van der Waals surface area contributed by atoms with E-state index in [1.165, 1.54) is 29.2 Å². The number of carbonyl (C=O) groups excluding carboxylic acids is 3. The molecule has 3 amide bonds. The van der Waals surface area contributed by atoms with Gasteiger partial charge in [0.05, 0.1) is 18.2 Å². The maximum atomic E-state index is 13.2. The zero-order valence-electron chi connectivity index (χ0n) is 21.7. The highest BCUT2D eigenvalue weighted by Crippen LogP contribution is 2.33. The van der Waals surface area contributed by atoms with Gasteiger partial charge >= 0.3 is 12.0 Å². The van der Waals surface area contributed by atoms with E-state index in [9.17, 15) is 18.8 Å². The molecule has 2 aliphatic rings. The first-order valence-corrected chi connectivity index (χ1v) is 12.5. The number of benzene rings is 2. The van der Waals surface area contributed by atoms with Crippen molar-refractivity contribution in [3.8, 4) is 0 Å². The first-order chi connectivity index (χ1) is 17.7. The summed E-state index contributed by atoms with van der Waals surface area (Å²) in [6, 6.07) is 10.6. The number of urea groups is 1. The summed E-state index contributed by atoms with van der Waals surface area (Å²) in [6.45, 7) is 8.36. The largest absolute Gasteiger partial charge is 0.463 e. The van der Waals surface area contributed by atoms with Crippen LogP contribution < -0.4 is 5.32 Å². The molecular weight excluding hydrogens is 475 g/mol. The molecule has 1 saturated heterocycles. The topological polar surface area (TPSA) is 82.2 Å². The van der Waals surface area contributed by atoms with Crippen molar-refractivity contribution in [2.45, 2.75) is 26.8 Å². The molecule has 1 N–H and O–H groups in total. The Morgan fingerprint density at radius 3 is 2.38 bits per heavy atom. The monoisotopic (exact) mass is 508 g/mol. The van der Waals surface area contributed by atoms with E-state index in [2.05, 4.69) is 10.2 Å². The molecule has 0 bridgehead atoms. The third-order valence-electron chi connectivity index (χ3n) is 6.94. The van der Waals surface area contributed by atoms with Crippen molar-refractivity contribution < 1.29 is 23.5 Å². The number of piperazine rings is 1. The van der Waals surface area contributed by atoms with Crippen LogP contribution in [0.15, 0.2) is 53.7 Å². The van der Waals surface area contributed by atoms with Gasteiger partial charge in [-0.3, -0.25) is 14.6 Å². The highest BCUT2D eigenvalue weighted by Gasteiger charge is 2.38. The van der Waals surface area contributed by atoms with Gasteiger partial charge in [-0.15, -0.1) is 0 Å². The van der Waals surface area contributed by atoms with E-state index < -0.39 is 12.0 Å². The third kappa shape index (κ3) is 5.67. The molecule has 0 radical (unpaired) electrons. The first kappa shape index (κ1) is 26.3. The second-order valence-corrected chi connectivity index (χ2v) is 9.46. The van der Waals surface area contributed by atoms with Crippen LogP contribution in [-0.4, -0.2) is 79.0 Å². The molecule has 0 aliphatic carbocycles. The van der Waals surface area contributed by atoms with E-state index in [4.69, 9.17) is 4.74 Å². The zero-order chi connectivity index (χ0) is 26.7. The van der Waals surface area contributed by atoms with Crippen molar-refractivity contribution in [3.05, 3.63) is 81.8 Å². The van der Waals surface area contributed by atoms with Crippen molar-refractivity contribution in [3.63, 3.8) is 0 Å². The molecule has 8 nitrogen and oxygen atoms in total. The summed E-state index contributed by atoms with van der Waals surface area (Å²) < 4.78 is 18.7. The van der Waals surface area contributed by atoms with Crippen LogP contribution in [0.2, 0.25) is 0 Å². The molecule has 0 spiro atoms. The molecule has 0 saturated carbocycles. The lowest BCUT2D eigenvalue weighted by Crippen LogP contribution is -2.53. The van der Waals surface area contributed by atoms with Crippen LogP contribution in [-0.2, 0) is 9.53 Å². The van der Waals surface area contributed by atoms with Crippen molar-refractivity contribution in [2.75, 3.05) is 46.4 Å².